The summed E-state index contributed by atoms with van der Waals surface area (Å²) in [6.07, 6.45) is 5.56. The summed E-state index contributed by atoms with van der Waals surface area (Å²) >= 11 is 0. The number of carbonyl (C=O) groups is 3. The average Bonchev–Trinajstić information content (AvgIpc) is 2.88. The first kappa shape index (κ1) is 30.2. The van der Waals surface area contributed by atoms with E-state index in [2.05, 4.69) is 10.6 Å². The van der Waals surface area contributed by atoms with Gasteiger partial charge in [0.1, 0.15) is 17.7 Å². The number of ether oxygens (including phenoxy) is 1. The predicted molar refractivity (Wildman–Crippen MR) is 154 cm³/mol. The highest BCUT2D eigenvalue weighted by Crippen LogP contribution is 2.26. The molecule has 2 unspecified atom stereocenters. The molecule has 2 N–H and O–H groups in total. The van der Waals surface area contributed by atoms with Crippen LogP contribution >= 0.6 is 0 Å². The zero-order chi connectivity index (χ0) is 28.4. The molecule has 0 aromatic heterocycles. The van der Waals surface area contributed by atoms with Gasteiger partial charge in [0.2, 0.25) is 11.8 Å². The Hall–Kier alpha value is -3.35. The maximum absolute atomic E-state index is 14.3. The third kappa shape index (κ3) is 9.41. The smallest absolute Gasteiger partial charge is 0.408 e. The predicted octanol–water partition coefficient (Wildman–Crippen LogP) is 5.86. The summed E-state index contributed by atoms with van der Waals surface area (Å²) in [7, 11) is 0. The van der Waals surface area contributed by atoms with Gasteiger partial charge in [0.05, 0.1) is 0 Å². The molecule has 2 aromatic rings. The largest absolute Gasteiger partial charge is 0.444 e. The van der Waals surface area contributed by atoms with Crippen LogP contribution in [0.25, 0.3) is 0 Å². The molecule has 7 nitrogen and oxygen atoms in total. The second kappa shape index (κ2) is 14.2. The van der Waals surface area contributed by atoms with Crippen molar-refractivity contribution in [3.8, 4) is 0 Å². The number of hydrogen-bond donors (Lipinski definition) is 2. The Bertz CT molecular complexity index is 1090. The first-order valence-corrected chi connectivity index (χ1v) is 14.3. The number of hydrogen-bond acceptors (Lipinski definition) is 4. The monoisotopic (exact) mass is 535 g/mol. The molecular formula is C32H45N3O4. The highest BCUT2D eigenvalue weighted by Gasteiger charge is 2.36. The zero-order valence-electron chi connectivity index (χ0n) is 24.2. The summed E-state index contributed by atoms with van der Waals surface area (Å²) in [5.74, 6) is -0.484. The van der Waals surface area contributed by atoms with E-state index in [1.54, 1.807) is 25.7 Å². The zero-order valence-corrected chi connectivity index (χ0v) is 24.2. The summed E-state index contributed by atoms with van der Waals surface area (Å²) in [4.78, 5) is 42.7. The number of carbonyl (C=O) groups excluding carboxylic acids is 3. The molecule has 1 aliphatic rings. The maximum Gasteiger partial charge on any atom is 0.408 e. The number of aryl methyl sites for hydroxylation is 1. The molecule has 3 rings (SSSR count). The fourth-order valence-corrected chi connectivity index (χ4v) is 5.15. The van der Waals surface area contributed by atoms with Gasteiger partial charge in [-0.25, -0.2) is 4.79 Å². The highest BCUT2D eigenvalue weighted by molar-refractivity contribution is 5.92. The minimum Gasteiger partial charge on any atom is -0.444 e. The number of amides is 3. The fraction of sp³-hybridized carbons (Fsp3) is 0.531. The number of nitrogens with zero attached hydrogens (tertiary/aromatic N) is 1. The van der Waals surface area contributed by atoms with Gasteiger partial charge in [-0.05, 0) is 58.1 Å². The lowest BCUT2D eigenvalue weighted by molar-refractivity contribution is -0.142. The Morgan fingerprint density at radius 2 is 1.69 bits per heavy atom. The van der Waals surface area contributed by atoms with Crippen molar-refractivity contribution >= 4 is 17.9 Å². The van der Waals surface area contributed by atoms with Crippen LogP contribution in [-0.4, -0.2) is 47.0 Å². The Kier molecular flexibility index (Phi) is 11.0. The molecule has 212 valence electrons. The Balaban J connectivity index is 1.97. The van der Waals surface area contributed by atoms with Crippen LogP contribution in [0, 0.1) is 6.92 Å². The molecule has 0 saturated heterocycles. The van der Waals surface area contributed by atoms with Crippen molar-refractivity contribution in [3.05, 3.63) is 71.3 Å². The van der Waals surface area contributed by atoms with Gasteiger partial charge in [-0.1, -0.05) is 86.3 Å². The second-order valence-electron chi connectivity index (χ2n) is 11.6. The van der Waals surface area contributed by atoms with Crippen LogP contribution in [0.4, 0.5) is 4.79 Å². The van der Waals surface area contributed by atoms with E-state index in [-0.39, 0.29) is 24.3 Å². The number of rotatable bonds is 10. The molecular weight excluding hydrogens is 490 g/mol. The van der Waals surface area contributed by atoms with E-state index in [4.69, 9.17) is 4.74 Å². The van der Waals surface area contributed by atoms with Crippen molar-refractivity contribution in [1.82, 2.24) is 15.5 Å². The van der Waals surface area contributed by atoms with Crippen molar-refractivity contribution in [3.63, 3.8) is 0 Å². The van der Waals surface area contributed by atoms with Crippen LogP contribution in [0.2, 0.25) is 0 Å². The van der Waals surface area contributed by atoms with E-state index in [9.17, 15) is 14.4 Å². The molecule has 0 radical (unpaired) electrons. The van der Waals surface area contributed by atoms with Crippen molar-refractivity contribution in [2.75, 3.05) is 6.54 Å². The molecule has 1 fully saturated rings. The van der Waals surface area contributed by atoms with Gasteiger partial charge >= 0.3 is 6.09 Å². The average molecular weight is 536 g/mol. The quantitative estimate of drug-likeness (QED) is 0.399. The van der Waals surface area contributed by atoms with Gasteiger partial charge in [-0.3, -0.25) is 9.59 Å². The van der Waals surface area contributed by atoms with Gasteiger partial charge in [-0.15, -0.1) is 0 Å². The van der Waals surface area contributed by atoms with Crippen molar-refractivity contribution in [1.29, 1.82) is 0 Å². The third-order valence-electron chi connectivity index (χ3n) is 6.89. The van der Waals surface area contributed by atoms with Crippen LogP contribution in [0.15, 0.2) is 54.6 Å². The lowest BCUT2D eigenvalue weighted by Crippen LogP contribution is -2.54. The van der Waals surface area contributed by atoms with Gasteiger partial charge in [0.25, 0.3) is 0 Å². The van der Waals surface area contributed by atoms with Gasteiger partial charge in [0, 0.05) is 19.0 Å². The van der Waals surface area contributed by atoms with E-state index in [1.807, 2.05) is 68.4 Å². The Morgan fingerprint density at radius 1 is 1.00 bits per heavy atom. The molecule has 2 aromatic carbocycles. The minimum atomic E-state index is -0.899. The van der Waals surface area contributed by atoms with Crippen LogP contribution < -0.4 is 10.6 Å². The topological polar surface area (TPSA) is 87.7 Å². The number of benzene rings is 2. The second-order valence-corrected chi connectivity index (χ2v) is 11.6. The first-order valence-electron chi connectivity index (χ1n) is 14.3. The molecule has 0 bridgehead atoms. The van der Waals surface area contributed by atoms with E-state index >= 15 is 0 Å². The van der Waals surface area contributed by atoms with Crippen molar-refractivity contribution in [2.45, 2.75) is 103 Å². The summed E-state index contributed by atoms with van der Waals surface area (Å²) in [6, 6.07) is 15.7. The summed E-state index contributed by atoms with van der Waals surface area (Å²) in [5.41, 5.74) is 1.97. The Labute approximate surface area is 233 Å². The molecule has 2 atom stereocenters. The molecule has 1 aliphatic carbocycles. The maximum atomic E-state index is 14.3. The SMILES string of the molecule is CCCN(C(=O)C(Cc1ccccc1)NC(=O)OC(C)(C)C)C(C(=O)NC1CCCCC1)c1cccc(C)c1. The van der Waals surface area contributed by atoms with E-state index < -0.39 is 23.8 Å². The molecule has 0 aliphatic heterocycles. The fourth-order valence-electron chi connectivity index (χ4n) is 5.15. The lowest BCUT2D eigenvalue weighted by Gasteiger charge is -2.35. The molecule has 39 heavy (non-hydrogen) atoms. The van der Waals surface area contributed by atoms with E-state index in [0.717, 1.165) is 42.4 Å². The molecule has 0 heterocycles. The van der Waals surface area contributed by atoms with Crippen molar-refractivity contribution in [2.24, 2.45) is 0 Å². The van der Waals surface area contributed by atoms with E-state index in [1.165, 1.54) is 6.42 Å². The molecule has 1 saturated carbocycles. The van der Waals surface area contributed by atoms with Gasteiger partial charge < -0.3 is 20.3 Å². The third-order valence-corrected chi connectivity index (χ3v) is 6.89. The van der Waals surface area contributed by atoms with Crippen LogP contribution in [0.3, 0.4) is 0 Å². The molecule has 0 spiro atoms. The normalized spacial score (nSPS) is 15.6. The van der Waals surface area contributed by atoms with Gasteiger partial charge in [-0.2, -0.15) is 0 Å². The van der Waals surface area contributed by atoms with Gasteiger partial charge in [0.15, 0.2) is 0 Å². The first-order chi connectivity index (χ1) is 18.6. The summed E-state index contributed by atoms with van der Waals surface area (Å²) in [5, 5.41) is 6.06. The lowest BCUT2D eigenvalue weighted by atomic mass is 9.94. The number of alkyl carbamates (subject to hydrolysis) is 1. The van der Waals surface area contributed by atoms with Crippen molar-refractivity contribution < 1.29 is 19.1 Å². The minimum absolute atomic E-state index is 0.108. The van der Waals surface area contributed by atoms with Crippen LogP contribution in [0.1, 0.15) is 89.0 Å². The van der Waals surface area contributed by atoms with Crippen LogP contribution in [0.5, 0.6) is 0 Å². The van der Waals surface area contributed by atoms with E-state index in [0.29, 0.717) is 13.0 Å². The molecule has 7 heteroatoms. The summed E-state index contributed by atoms with van der Waals surface area (Å²) < 4.78 is 5.50. The summed E-state index contributed by atoms with van der Waals surface area (Å²) in [6.45, 7) is 9.69. The standard InChI is InChI=1S/C32H45N3O4/c1-6-20-35(28(25-17-13-14-23(2)21-25)29(36)33-26-18-11-8-12-19-26)30(37)27(22-24-15-9-7-10-16-24)34-31(38)39-32(3,4)5/h7,9-10,13-17,21,26-28H,6,8,11-12,18-20,22H2,1-5H3,(H,33,36)(H,34,38). The molecule has 3 amide bonds. The highest BCUT2D eigenvalue weighted by atomic mass is 16.6. The number of nitrogens with one attached hydrogen (secondary N) is 2. The Morgan fingerprint density at radius 3 is 2.31 bits per heavy atom. The van der Waals surface area contributed by atoms with Crippen LogP contribution in [-0.2, 0) is 20.7 Å².